The summed E-state index contributed by atoms with van der Waals surface area (Å²) in [7, 11) is 0. The third-order valence-electron chi connectivity index (χ3n) is 7.89. The van der Waals surface area contributed by atoms with E-state index < -0.39 is 0 Å². The molecule has 0 fully saturated rings. The van der Waals surface area contributed by atoms with Crippen LogP contribution in [0, 0.1) is 17.8 Å². The lowest BCUT2D eigenvalue weighted by Crippen LogP contribution is -2.09. The number of hydrogen-bond acceptors (Lipinski definition) is 0. The Morgan fingerprint density at radius 2 is 1.13 bits per heavy atom. The zero-order valence-electron chi connectivity index (χ0n) is 19.9. The molecule has 164 valence electrons. The smallest absolute Gasteiger partial charge is 0.0184 e. The summed E-state index contributed by atoms with van der Waals surface area (Å²) in [5, 5.41) is 0. The molecule has 0 aliphatic heterocycles. The Balaban J connectivity index is 1.39. The molecule has 0 heterocycles. The fourth-order valence-corrected chi connectivity index (χ4v) is 5.38. The molecular formula is C31H40. The number of hydrogen-bond donors (Lipinski definition) is 0. The van der Waals surface area contributed by atoms with Crippen LogP contribution < -0.4 is 0 Å². The van der Waals surface area contributed by atoms with Crippen LogP contribution in [-0.2, 0) is 0 Å². The quantitative estimate of drug-likeness (QED) is 0.424. The Labute approximate surface area is 190 Å². The van der Waals surface area contributed by atoms with Crippen LogP contribution in [0.1, 0.15) is 89.7 Å². The van der Waals surface area contributed by atoms with E-state index in [2.05, 4.69) is 81.5 Å². The van der Waals surface area contributed by atoms with Crippen LogP contribution in [0.25, 0.3) is 22.3 Å². The molecule has 2 aromatic rings. The lowest BCUT2D eigenvalue weighted by molar-refractivity contribution is 0.362. The fourth-order valence-electron chi connectivity index (χ4n) is 5.38. The van der Waals surface area contributed by atoms with Crippen molar-refractivity contribution in [1.82, 2.24) is 0 Å². The summed E-state index contributed by atoms with van der Waals surface area (Å²) in [6, 6.07) is 18.5. The average molecular weight is 413 g/mol. The van der Waals surface area contributed by atoms with Crippen LogP contribution in [0.4, 0.5) is 0 Å². The molecule has 0 N–H and O–H groups in total. The minimum Gasteiger partial charge on any atom is -0.0804 e. The predicted molar refractivity (Wildman–Crippen MR) is 137 cm³/mol. The SMILES string of the molecule is CCC(C)CC1CC=C(c2ccc(-c3ccc(C4=CCC(CC)CC4)cc3)cc2)CC1. The number of benzene rings is 2. The minimum atomic E-state index is 0.869. The maximum absolute atomic E-state index is 2.52. The largest absolute Gasteiger partial charge is 0.0804 e. The Bertz CT molecular complexity index is 894. The van der Waals surface area contributed by atoms with Gasteiger partial charge in [-0.3, -0.25) is 0 Å². The van der Waals surface area contributed by atoms with Gasteiger partial charge in [0.25, 0.3) is 0 Å². The first-order valence-electron chi connectivity index (χ1n) is 12.8. The average Bonchev–Trinajstić information content (AvgIpc) is 2.85. The van der Waals surface area contributed by atoms with Crippen molar-refractivity contribution in [2.45, 2.75) is 78.6 Å². The maximum Gasteiger partial charge on any atom is -0.0184 e. The minimum absolute atomic E-state index is 0.869. The van der Waals surface area contributed by atoms with Gasteiger partial charge in [-0.05, 0) is 96.1 Å². The standard InChI is InChI=1S/C31H40/c1-4-23(3)22-25-8-12-27(13-9-25)29-16-20-31(21-17-29)30-18-14-28(15-19-30)26-10-6-24(5-2)7-11-26/h10,12,14-21,23-25H,4-9,11,13,22H2,1-3H3. The topological polar surface area (TPSA) is 0 Å². The molecule has 0 saturated heterocycles. The summed E-state index contributed by atoms with van der Waals surface area (Å²) in [4.78, 5) is 0. The lowest BCUT2D eigenvalue weighted by atomic mass is 9.81. The lowest BCUT2D eigenvalue weighted by Gasteiger charge is -2.24. The molecule has 2 aliphatic rings. The normalized spacial score (nSPS) is 22.5. The maximum atomic E-state index is 2.52. The third-order valence-corrected chi connectivity index (χ3v) is 7.89. The van der Waals surface area contributed by atoms with E-state index in [1.807, 2.05) is 0 Å². The zero-order chi connectivity index (χ0) is 21.6. The Hall–Kier alpha value is -2.08. The van der Waals surface area contributed by atoms with Gasteiger partial charge in [0.2, 0.25) is 0 Å². The van der Waals surface area contributed by atoms with Crippen molar-refractivity contribution in [2.24, 2.45) is 17.8 Å². The van der Waals surface area contributed by atoms with Crippen molar-refractivity contribution in [1.29, 1.82) is 0 Å². The van der Waals surface area contributed by atoms with Gasteiger partial charge in [-0.1, -0.05) is 94.3 Å². The highest BCUT2D eigenvalue weighted by Crippen LogP contribution is 2.35. The summed E-state index contributed by atoms with van der Waals surface area (Å²) in [5.41, 5.74) is 8.57. The molecule has 0 radical (unpaired) electrons. The van der Waals surface area contributed by atoms with Gasteiger partial charge in [-0.25, -0.2) is 0 Å². The highest BCUT2D eigenvalue weighted by Gasteiger charge is 2.17. The van der Waals surface area contributed by atoms with E-state index in [1.54, 1.807) is 11.1 Å². The Morgan fingerprint density at radius 1 is 0.677 bits per heavy atom. The second kappa shape index (κ2) is 10.5. The third kappa shape index (κ3) is 5.59. The van der Waals surface area contributed by atoms with Gasteiger partial charge in [0, 0.05) is 0 Å². The van der Waals surface area contributed by atoms with Crippen molar-refractivity contribution in [3.8, 4) is 11.1 Å². The second-order valence-corrected chi connectivity index (χ2v) is 10.1. The van der Waals surface area contributed by atoms with Crippen LogP contribution in [0.2, 0.25) is 0 Å². The van der Waals surface area contributed by atoms with Crippen molar-refractivity contribution in [3.63, 3.8) is 0 Å². The van der Waals surface area contributed by atoms with Crippen LogP contribution in [0.3, 0.4) is 0 Å². The van der Waals surface area contributed by atoms with Gasteiger partial charge in [0.05, 0.1) is 0 Å². The molecule has 0 heteroatoms. The molecule has 0 amide bonds. The Morgan fingerprint density at radius 3 is 1.52 bits per heavy atom. The van der Waals surface area contributed by atoms with Crippen LogP contribution >= 0.6 is 0 Å². The molecule has 31 heavy (non-hydrogen) atoms. The van der Waals surface area contributed by atoms with Crippen LogP contribution in [0.15, 0.2) is 60.7 Å². The van der Waals surface area contributed by atoms with E-state index in [1.165, 1.54) is 80.0 Å². The van der Waals surface area contributed by atoms with E-state index in [0.29, 0.717) is 0 Å². The Kier molecular flexibility index (Phi) is 7.49. The highest BCUT2D eigenvalue weighted by molar-refractivity contribution is 5.73. The monoisotopic (exact) mass is 412 g/mol. The summed E-state index contributed by atoms with van der Waals surface area (Å²) >= 11 is 0. The van der Waals surface area contributed by atoms with Crippen molar-refractivity contribution in [2.75, 3.05) is 0 Å². The summed E-state index contributed by atoms with van der Waals surface area (Å²) in [5.74, 6) is 2.66. The van der Waals surface area contributed by atoms with Crippen molar-refractivity contribution < 1.29 is 0 Å². The number of rotatable bonds is 7. The van der Waals surface area contributed by atoms with Crippen molar-refractivity contribution >= 4 is 11.1 Å². The molecule has 0 saturated carbocycles. The van der Waals surface area contributed by atoms with Gasteiger partial charge >= 0.3 is 0 Å². The molecular weight excluding hydrogens is 372 g/mol. The summed E-state index contributed by atoms with van der Waals surface area (Å²) < 4.78 is 0. The van der Waals surface area contributed by atoms with Gasteiger partial charge in [0.15, 0.2) is 0 Å². The molecule has 0 aromatic heterocycles. The summed E-state index contributed by atoms with van der Waals surface area (Å²) in [6.45, 7) is 7.04. The predicted octanol–water partition coefficient (Wildman–Crippen LogP) is 9.57. The van der Waals surface area contributed by atoms with E-state index in [4.69, 9.17) is 0 Å². The van der Waals surface area contributed by atoms with Gasteiger partial charge < -0.3 is 0 Å². The van der Waals surface area contributed by atoms with Gasteiger partial charge in [0.1, 0.15) is 0 Å². The molecule has 4 rings (SSSR count). The molecule has 2 aromatic carbocycles. The molecule has 2 aliphatic carbocycles. The molecule has 0 nitrogen and oxygen atoms in total. The van der Waals surface area contributed by atoms with Crippen LogP contribution in [0.5, 0.6) is 0 Å². The van der Waals surface area contributed by atoms with Crippen LogP contribution in [-0.4, -0.2) is 0 Å². The first-order valence-corrected chi connectivity index (χ1v) is 12.8. The molecule has 0 spiro atoms. The molecule has 0 bridgehead atoms. The van der Waals surface area contributed by atoms with Crippen molar-refractivity contribution in [3.05, 3.63) is 71.8 Å². The van der Waals surface area contributed by atoms with E-state index in [9.17, 15) is 0 Å². The highest BCUT2D eigenvalue weighted by atomic mass is 14.2. The van der Waals surface area contributed by atoms with E-state index in [0.717, 1.165) is 17.8 Å². The van der Waals surface area contributed by atoms with E-state index >= 15 is 0 Å². The first-order chi connectivity index (χ1) is 15.2. The van der Waals surface area contributed by atoms with E-state index in [-0.39, 0.29) is 0 Å². The molecule has 3 atom stereocenters. The second-order valence-electron chi connectivity index (χ2n) is 10.1. The fraction of sp³-hybridized carbons (Fsp3) is 0.484. The first kappa shape index (κ1) is 22.1. The molecule has 3 unspecified atom stereocenters. The summed E-state index contributed by atoms with van der Waals surface area (Å²) in [6.07, 6.45) is 16.7. The zero-order valence-corrected chi connectivity index (χ0v) is 19.9. The van der Waals surface area contributed by atoms with Gasteiger partial charge in [-0.15, -0.1) is 0 Å². The number of allylic oxidation sites excluding steroid dienone is 4. The van der Waals surface area contributed by atoms with Gasteiger partial charge in [-0.2, -0.15) is 0 Å².